The highest BCUT2D eigenvalue weighted by Crippen LogP contribution is 2.71. The number of carboxylic acids is 1. The molecule has 1 heterocycles. The number of carbonyl (C=O) groups is 7. The number of sulfone groups is 1. The summed E-state index contributed by atoms with van der Waals surface area (Å²) in [7, 11) is -3.58. The lowest BCUT2D eigenvalue weighted by molar-refractivity contribution is -0.219. The number of alkyl halides is 3. The maximum Gasteiger partial charge on any atom is 0.339 e. The molecule has 1 aromatic heterocycles. The zero-order valence-electron chi connectivity index (χ0n) is 37.5. The first-order chi connectivity index (χ1) is 32.4. The Morgan fingerprint density at radius 3 is 2.45 bits per heavy atom. The van der Waals surface area contributed by atoms with Crippen molar-refractivity contribution in [1.82, 2.24) is 20.6 Å². The van der Waals surface area contributed by atoms with Crippen LogP contribution in [-0.4, -0.2) is 118 Å². The van der Waals surface area contributed by atoms with Crippen LogP contribution in [0.1, 0.15) is 87.6 Å². The van der Waals surface area contributed by atoms with Gasteiger partial charge in [0, 0.05) is 54.7 Å². The number of nitrogens with one attached hydrogen (secondary N) is 3. The number of aliphatic hydroxyl groups is 1. The van der Waals surface area contributed by atoms with E-state index in [0.717, 1.165) is 36.6 Å². The third-order valence-electron chi connectivity index (χ3n) is 13.6. The summed E-state index contributed by atoms with van der Waals surface area (Å²) < 4.78 is 91.9. The van der Waals surface area contributed by atoms with Crippen molar-refractivity contribution < 1.29 is 74.5 Å². The number of carboxylic acid groups (broad SMARTS) is 1. The largest absolute Gasteiger partial charge is 0.481 e. The molecule has 0 radical (unpaired) electrons. The summed E-state index contributed by atoms with van der Waals surface area (Å²) in [4.78, 5) is 97.9. The maximum atomic E-state index is 17.7. The second kappa shape index (κ2) is 20.5. The molecule has 3 amide bonds. The topological polar surface area (TPSA) is 265 Å². The highest BCUT2D eigenvalue weighted by Gasteiger charge is 2.76. The van der Waals surface area contributed by atoms with Crippen molar-refractivity contribution in [1.29, 1.82) is 0 Å². The Bertz CT molecular complexity index is 2680. The van der Waals surface area contributed by atoms with E-state index in [0.29, 0.717) is 5.56 Å². The van der Waals surface area contributed by atoms with Crippen molar-refractivity contribution in [3.8, 4) is 11.8 Å². The number of allylic oxidation sites excluding steroid dienone is 4. The van der Waals surface area contributed by atoms with Gasteiger partial charge < -0.3 is 30.9 Å². The molecule has 370 valence electrons. The van der Waals surface area contributed by atoms with E-state index < -0.39 is 158 Å². The fourth-order valence-electron chi connectivity index (χ4n) is 10.2. The average Bonchev–Trinajstić information content (AvgIpc) is 3.57. The summed E-state index contributed by atoms with van der Waals surface area (Å²) in [5.74, 6) is -3.53. The van der Waals surface area contributed by atoms with Crippen LogP contribution < -0.4 is 16.0 Å². The van der Waals surface area contributed by atoms with Gasteiger partial charge in [-0.1, -0.05) is 24.8 Å². The molecule has 0 bridgehead atoms. The van der Waals surface area contributed by atoms with Gasteiger partial charge in [0.25, 0.3) is 0 Å². The molecule has 6 rings (SSSR count). The van der Waals surface area contributed by atoms with Gasteiger partial charge in [0.05, 0.1) is 29.5 Å². The van der Waals surface area contributed by atoms with Crippen LogP contribution in [0, 0.1) is 40.3 Å². The Morgan fingerprint density at radius 1 is 1.07 bits per heavy atom. The lowest BCUT2D eigenvalue weighted by atomic mass is 9.44. The van der Waals surface area contributed by atoms with Crippen LogP contribution in [-0.2, 0) is 43.3 Å². The number of rotatable bonds is 16. The lowest BCUT2D eigenvalue weighted by Gasteiger charge is -2.63. The molecule has 0 aliphatic heterocycles. The smallest absolute Gasteiger partial charge is 0.339 e. The first-order valence-corrected chi connectivity index (χ1v) is 24.6. The van der Waals surface area contributed by atoms with Crippen LogP contribution in [0.25, 0.3) is 0 Å². The standard InChI is InChI=1S/C46H49F4N5O12S2/c1-43-15-13-27(56)18-30(43)32(49)19-29-28-14-16-45(41(64)68-24-47,44(28,2)20-35(57)46(29,43)50)67-40(63)26-9-10-31(48)34(17-26)55-39(62)33(11-12-38(60)61)54-37(59)23-51-36(58)8-6-4-5-7-25-21-52-42(53-22-25)69(3,65)66/h9-10,13,15,17-18,21-22,28-29,32-33,35,57H,4,6,8,11-12,14,16,19-20,23-24H2,1-3H3,(H,51,58)(H,54,59)(H,55,62)(H,60,61)/t28-,29-,32-,33-,35-,43-,44-,45-,46-/m0/s1. The number of hydrogen-bond donors (Lipinski definition) is 5. The number of benzene rings is 1. The van der Waals surface area contributed by atoms with E-state index in [1.165, 1.54) is 32.3 Å². The number of carbonyl (C=O) groups excluding carboxylic acids is 6. The first kappa shape index (κ1) is 52.4. The normalized spacial score (nSPS) is 28.3. The molecule has 0 spiro atoms. The summed E-state index contributed by atoms with van der Waals surface area (Å²) in [5, 5.41) is 26.6. The average molecular weight is 1000 g/mol. The third kappa shape index (κ3) is 10.5. The van der Waals surface area contributed by atoms with Crippen molar-refractivity contribution in [2.24, 2.45) is 22.7 Å². The predicted octanol–water partition coefficient (Wildman–Crippen LogP) is 4.05. The highest BCUT2D eigenvalue weighted by atomic mass is 32.2. The molecule has 23 heteroatoms. The van der Waals surface area contributed by atoms with E-state index in [9.17, 15) is 56.6 Å². The Kier molecular flexibility index (Phi) is 15.6. The van der Waals surface area contributed by atoms with E-state index in [1.807, 2.05) is 0 Å². The molecule has 3 saturated carbocycles. The second-order valence-electron chi connectivity index (χ2n) is 17.9. The number of unbranched alkanes of at least 4 members (excludes halogenated alkanes) is 1. The van der Waals surface area contributed by atoms with Crippen molar-refractivity contribution in [2.45, 2.75) is 106 Å². The van der Waals surface area contributed by atoms with Gasteiger partial charge >= 0.3 is 11.9 Å². The number of halogens is 4. The Hall–Kier alpha value is -5.99. The van der Waals surface area contributed by atoms with Gasteiger partial charge in [0.1, 0.15) is 24.0 Å². The molecule has 2 aromatic rings. The Balaban J connectivity index is 1.12. The molecule has 1 aromatic carbocycles. The van der Waals surface area contributed by atoms with Crippen LogP contribution in [0.3, 0.4) is 0 Å². The first-order valence-electron chi connectivity index (χ1n) is 21.7. The minimum Gasteiger partial charge on any atom is -0.481 e. The summed E-state index contributed by atoms with van der Waals surface area (Å²) in [6.07, 6.45) is 1.09. The van der Waals surface area contributed by atoms with Gasteiger partial charge in [-0.05, 0) is 99.1 Å². The number of ether oxygens (including phenoxy) is 1. The number of aliphatic carboxylic acids is 1. The van der Waals surface area contributed by atoms with Crippen LogP contribution in [0.2, 0.25) is 0 Å². The maximum absolute atomic E-state index is 17.7. The van der Waals surface area contributed by atoms with Gasteiger partial charge in [0.2, 0.25) is 37.8 Å². The molecule has 0 saturated heterocycles. The number of aliphatic hydroxyl groups excluding tert-OH is 1. The number of ketones is 1. The van der Waals surface area contributed by atoms with Gasteiger partial charge in [0.15, 0.2) is 17.1 Å². The van der Waals surface area contributed by atoms with Gasteiger partial charge in [-0.3, -0.25) is 28.8 Å². The molecule has 17 nitrogen and oxygen atoms in total. The van der Waals surface area contributed by atoms with Gasteiger partial charge in [-0.2, -0.15) is 0 Å². The summed E-state index contributed by atoms with van der Waals surface area (Å²) in [5.41, 5.74) is -8.98. The second-order valence-corrected chi connectivity index (χ2v) is 20.6. The highest BCUT2D eigenvalue weighted by molar-refractivity contribution is 8.13. The predicted molar refractivity (Wildman–Crippen MR) is 238 cm³/mol. The molecule has 5 N–H and O–H groups in total. The summed E-state index contributed by atoms with van der Waals surface area (Å²) >= 11 is 0.177. The minimum atomic E-state index is -3.58. The summed E-state index contributed by atoms with van der Waals surface area (Å²) in [6, 6.07) is -0.288. The number of hydrogen-bond acceptors (Lipinski definition) is 14. The number of anilines is 1. The van der Waals surface area contributed by atoms with Crippen LogP contribution in [0.5, 0.6) is 0 Å². The number of aromatic nitrogens is 2. The van der Waals surface area contributed by atoms with E-state index in [2.05, 4.69) is 37.8 Å². The SMILES string of the molecule is C[C@]12C=CC(=O)C=C1[C@@H](F)C[C@H]1[C@@H]3CC[C@](OC(=O)c4ccc(F)c(NC(=O)[C@H](CCC(=O)O)NC(=O)CNC(=O)CCCC#Cc5cnc(S(C)(=O)=O)nc5)c4)(C(=O)SCF)[C@@]3(C)C[C@H](O)[C@@]12F. The molecule has 9 atom stereocenters. The number of amides is 3. The van der Waals surface area contributed by atoms with E-state index >= 15 is 13.2 Å². The minimum absolute atomic E-state index is 0.0197. The Labute approximate surface area is 398 Å². The zero-order chi connectivity index (χ0) is 50.7. The number of thioether (sulfide) groups is 1. The molecule has 0 unspecified atom stereocenters. The molecule has 4 aliphatic carbocycles. The van der Waals surface area contributed by atoms with Crippen molar-refractivity contribution in [3.63, 3.8) is 0 Å². The number of nitrogens with zero attached hydrogens (tertiary/aromatic N) is 2. The lowest BCUT2D eigenvalue weighted by Crippen LogP contribution is -2.70. The molecule has 69 heavy (non-hydrogen) atoms. The number of esters is 1. The van der Waals surface area contributed by atoms with Crippen LogP contribution in [0.15, 0.2) is 59.6 Å². The van der Waals surface area contributed by atoms with Crippen LogP contribution >= 0.6 is 11.8 Å². The van der Waals surface area contributed by atoms with Crippen molar-refractivity contribution in [3.05, 3.63) is 71.3 Å². The fraction of sp³-hybridized carbons (Fsp3) is 0.500. The van der Waals surface area contributed by atoms with Gasteiger partial charge in [-0.15, -0.1) is 0 Å². The van der Waals surface area contributed by atoms with E-state index in [-0.39, 0.29) is 54.6 Å². The third-order valence-corrected chi connectivity index (χ3v) is 15.2. The van der Waals surface area contributed by atoms with Crippen molar-refractivity contribution in [2.75, 3.05) is 24.1 Å². The van der Waals surface area contributed by atoms with E-state index in [4.69, 9.17) is 4.74 Å². The van der Waals surface area contributed by atoms with E-state index in [1.54, 1.807) is 0 Å². The summed E-state index contributed by atoms with van der Waals surface area (Å²) in [6.45, 7) is 2.23. The quantitative estimate of drug-likeness (QED) is 0.0522. The van der Waals surface area contributed by atoms with Crippen LogP contribution in [0.4, 0.5) is 23.2 Å². The molecular weight excluding hydrogens is 955 g/mol. The van der Waals surface area contributed by atoms with Gasteiger partial charge in [-0.25, -0.2) is 40.7 Å². The fourth-order valence-corrected chi connectivity index (χ4v) is 11.4. The molecule has 4 aliphatic rings. The number of fused-ring (bicyclic) bond motifs is 5. The molecular formula is C46H49F4N5O12S2. The van der Waals surface area contributed by atoms with Crippen molar-refractivity contribution >= 4 is 67.8 Å². The zero-order valence-corrected chi connectivity index (χ0v) is 39.1. The molecule has 3 fully saturated rings. The Morgan fingerprint density at radius 2 is 1.78 bits per heavy atom. The monoisotopic (exact) mass is 1000 g/mol.